The first-order chi connectivity index (χ1) is 7.94. The van der Waals surface area contributed by atoms with Crippen molar-refractivity contribution in [2.24, 2.45) is 5.73 Å². The highest BCUT2D eigenvalue weighted by Crippen LogP contribution is 2.28. The van der Waals surface area contributed by atoms with Gasteiger partial charge in [-0.05, 0) is 40.5 Å². The van der Waals surface area contributed by atoms with Gasteiger partial charge in [-0.15, -0.1) is 0 Å². The highest BCUT2D eigenvalue weighted by molar-refractivity contribution is 9.10. The van der Waals surface area contributed by atoms with Crippen LogP contribution in [0.4, 0.5) is 0 Å². The zero-order valence-electron chi connectivity index (χ0n) is 9.18. The number of halogens is 1. The van der Waals surface area contributed by atoms with E-state index in [1.807, 2.05) is 0 Å². The number of rotatable bonds is 4. The van der Waals surface area contributed by atoms with Crippen LogP contribution < -0.4 is 15.2 Å². The molecule has 7 heteroatoms. The maximum absolute atomic E-state index is 12.0. The molecule has 1 aliphatic rings. The molecule has 0 heterocycles. The molecule has 1 saturated carbocycles. The van der Waals surface area contributed by atoms with E-state index in [1.165, 1.54) is 19.2 Å². The minimum absolute atomic E-state index is 0.0635. The number of ether oxygens (including phenoxy) is 1. The summed E-state index contributed by atoms with van der Waals surface area (Å²) in [6.07, 6.45) is 0.691. The van der Waals surface area contributed by atoms with Gasteiger partial charge in [-0.1, -0.05) is 0 Å². The molecule has 0 radical (unpaired) electrons. The molecule has 5 nitrogen and oxygen atoms in total. The van der Waals surface area contributed by atoms with Gasteiger partial charge in [0.15, 0.2) is 0 Å². The molecule has 0 aliphatic heterocycles. The van der Waals surface area contributed by atoms with Gasteiger partial charge in [0.2, 0.25) is 10.0 Å². The van der Waals surface area contributed by atoms with Crippen molar-refractivity contribution in [1.82, 2.24) is 4.72 Å². The summed E-state index contributed by atoms with van der Waals surface area (Å²) >= 11 is 3.25. The Labute approximate surface area is 109 Å². The van der Waals surface area contributed by atoms with Crippen molar-refractivity contribution in [3.8, 4) is 5.75 Å². The lowest BCUT2D eigenvalue weighted by Gasteiger charge is -2.08. The molecule has 3 N–H and O–H groups in total. The third kappa shape index (κ3) is 2.79. The van der Waals surface area contributed by atoms with E-state index < -0.39 is 10.0 Å². The number of nitrogens with one attached hydrogen (secondary N) is 1. The smallest absolute Gasteiger partial charge is 0.240 e. The van der Waals surface area contributed by atoms with Gasteiger partial charge < -0.3 is 10.5 Å². The van der Waals surface area contributed by atoms with Crippen LogP contribution in [0.25, 0.3) is 0 Å². The summed E-state index contributed by atoms with van der Waals surface area (Å²) in [6.45, 7) is 0. The van der Waals surface area contributed by atoms with Crippen LogP contribution >= 0.6 is 15.9 Å². The van der Waals surface area contributed by atoms with Gasteiger partial charge in [0.25, 0.3) is 0 Å². The number of nitrogens with two attached hydrogens (primary N) is 1. The summed E-state index contributed by atoms with van der Waals surface area (Å²) in [6, 6.07) is 4.41. The lowest BCUT2D eigenvalue weighted by molar-refractivity contribution is 0.411. The van der Waals surface area contributed by atoms with E-state index in [0.29, 0.717) is 16.6 Å². The van der Waals surface area contributed by atoms with Crippen molar-refractivity contribution < 1.29 is 13.2 Å². The molecule has 1 fully saturated rings. The molecule has 0 aromatic heterocycles. The monoisotopic (exact) mass is 320 g/mol. The maximum atomic E-state index is 12.0. The third-order valence-electron chi connectivity index (χ3n) is 2.58. The van der Waals surface area contributed by atoms with Crippen LogP contribution in [0.1, 0.15) is 6.42 Å². The Kier molecular flexibility index (Phi) is 3.44. The van der Waals surface area contributed by atoms with Gasteiger partial charge in [0, 0.05) is 12.1 Å². The molecule has 0 spiro atoms. The summed E-state index contributed by atoms with van der Waals surface area (Å²) in [7, 11) is -1.97. The van der Waals surface area contributed by atoms with Crippen LogP contribution in [0, 0.1) is 0 Å². The molecule has 1 aromatic carbocycles. The fraction of sp³-hybridized carbons (Fsp3) is 0.400. The summed E-state index contributed by atoms with van der Waals surface area (Å²) in [4.78, 5) is 0.198. The van der Waals surface area contributed by atoms with Gasteiger partial charge in [0.1, 0.15) is 5.75 Å². The molecule has 0 bridgehead atoms. The molecular weight excluding hydrogens is 308 g/mol. The second-order valence-corrected chi connectivity index (χ2v) is 6.49. The first kappa shape index (κ1) is 12.8. The first-order valence-corrected chi connectivity index (χ1v) is 7.33. The Morgan fingerprint density at radius 1 is 1.53 bits per heavy atom. The lowest BCUT2D eigenvalue weighted by Crippen LogP contribution is -2.29. The quantitative estimate of drug-likeness (QED) is 0.861. The summed E-state index contributed by atoms with van der Waals surface area (Å²) in [5.74, 6) is 0.590. The Bertz CT molecular complexity index is 532. The van der Waals surface area contributed by atoms with Crippen LogP contribution in [-0.4, -0.2) is 27.6 Å². The normalized spacial score (nSPS) is 23.5. The number of sulfonamides is 1. The van der Waals surface area contributed by atoms with E-state index in [9.17, 15) is 8.42 Å². The Balaban J connectivity index is 2.24. The minimum Gasteiger partial charge on any atom is -0.496 e. The topological polar surface area (TPSA) is 81.4 Å². The first-order valence-electron chi connectivity index (χ1n) is 5.05. The van der Waals surface area contributed by atoms with E-state index in [-0.39, 0.29) is 17.0 Å². The van der Waals surface area contributed by atoms with E-state index in [2.05, 4.69) is 20.7 Å². The molecule has 2 unspecified atom stereocenters. The average Bonchev–Trinajstić information content (AvgIpc) is 2.93. The lowest BCUT2D eigenvalue weighted by atomic mass is 10.3. The van der Waals surface area contributed by atoms with Gasteiger partial charge in [-0.25, -0.2) is 13.1 Å². The molecule has 1 aliphatic carbocycles. The van der Waals surface area contributed by atoms with E-state index in [0.717, 1.165) is 0 Å². The van der Waals surface area contributed by atoms with Crippen molar-refractivity contribution in [2.45, 2.75) is 23.4 Å². The zero-order chi connectivity index (χ0) is 12.6. The van der Waals surface area contributed by atoms with Gasteiger partial charge in [-0.3, -0.25) is 0 Å². The average molecular weight is 321 g/mol. The fourth-order valence-corrected chi connectivity index (χ4v) is 3.45. The summed E-state index contributed by atoms with van der Waals surface area (Å²) in [5, 5.41) is 0. The number of benzene rings is 1. The number of hydrogen-bond donors (Lipinski definition) is 2. The van der Waals surface area contributed by atoms with E-state index >= 15 is 0 Å². The predicted octanol–water partition coefficient (Wildman–Crippen LogP) is 0.836. The number of hydrogen-bond acceptors (Lipinski definition) is 4. The molecule has 2 rings (SSSR count). The molecule has 1 aromatic rings. The second-order valence-electron chi connectivity index (χ2n) is 3.92. The molecule has 94 valence electrons. The van der Waals surface area contributed by atoms with Crippen LogP contribution in [-0.2, 0) is 10.0 Å². The largest absolute Gasteiger partial charge is 0.496 e. The minimum atomic E-state index is -3.49. The van der Waals surface area contributed by atoms with E-state index in [4.69, 9.17) is 10.5 Å². The molecular formula is C10H13BrN2O3S. The van der Waals surface area contributed by atoms with Crippen molar-refractivity contribution in [3.63, 3.8) is 0 Å². The maximum Gasteiger partial charge on any atom is 0.240 e. The highest BCUT2D eigenvalue weighted by Gasteiger charge is 2.37. The number of methoxy groups -OCH3 is 1. The van der Waals surface area contributed by atoms with Crippen molar-refractivity contribution >= 4 is 26.0 Å². The summed E-state index contributed by atoms with van der Waals surface area (Å²) < 4.78 is 32.1. The molecule has 0 saturated heterocycles. The van der Waals surface area contributed by atoms with Crippen LogP contribution in [0.15, 0.2) is 27.6 Å². The predicted molar refractivity (Wildman–Crippen MR) is 67.4 cm³/mol. The fourth-order valence-electron chi connectivity index (χ4n) is 1.43. The highest BCUT2D eigenvalue weighted by atomic mass is 79.9. The zero-order valence-corrected chi connectivity index (χ0v) is 11.6. The van der Waals surface area contributed by atoms with Gasteiger partial charge in [0.05, 0.1) is 16.5 Å². The van der Waals surface area contributed by atoms with Crippen LogP contribution in [0.3, 0.4) is 0 Å². The summed E-state index contributed by atoms with van der Waals surface area (Å²) in [5.41, 5.74) is 5.57. The Morgan fingerprint density at radius 2 is 2.18 bits per heavy atom. The van der Waals surface area contributed by atoms with Gasteiger partial charge >= 0.3 is 0 Å². The van der Waals surface area contributed by atoms with Crippen LogP contribution in [0.5, 0.6) is 5.75 Å². The Hall–Kier alpha value is -0.630. The Morgan fingerprint density at radius 3 is 2.65 bits per heavy atom. The van der Waals surface area contributed by atoms with Crippen LogP contribution in [0.2, 0.25) is 0 Å². The molecule has 2 atom stereocenters. The third-order valence-corrected chi connectivity index (χ3v) is 4.69. The van der Waals surface area contributed by atoms with Crippen molar-refractivity contribution in [1.29, 1.82) is 0 Å². The SMILES string of the molecule is COc1ccc(S(=O)(=O)NC2CC2N)cc1Br. The molecule has 0 amide bonds. The van der Waals surface area contributed by atoms with Gasteiger partial charge in [-0.2, -0.15) is 0 Å². The van der Waals surface area contributed by atoms with Crippen molar-refractivity contribution in [2.75, 3.05) is 7.11 Å². The standard InChI is InChI=1S/C10H13BrN2O3S/c1-16-10-3-2-6(4-7(10)11)17(14,15)13-9-5-8(9)12/h2-4,8-9,13H,5,12H2,1H3. The van der Waals surface area contributed by atoms with E-state index in [1.54, 1.807) is 6.07 Å². The second kappa shape index (κ2) is 4.56. The van der Waals surface area contributed by atoms with Crippen molar-refractivity contribution in [3.05, 3.63) is 22.7 Å². The molecule has 17 heavy (non-hydrogen) atoms.